The summed E-state index contributed by atoms with van der Waals surface area (Å²) in [5.41, 5.74) is 5.82. The van der Waals surface area contributed by atoms with Gasteiger partial charge in [-0.15, -0.1) is 0 Å². The van der Waals surface area contributed by atoms with Crippen LogP contribution in [0.4, 0.5) is 8.78 Å². The molecule has 0 aromatic heterocycles. The Labute approximate surface area is 131 Å². The summed E-state index contributed by atoms with van der Waals surface area (Å²) in [6.07, 6.45) is 1.28. The van der Waals surface area contributed by atoms with Crippen molar-refractivity contribution < 1.29 is 17.2 Å². The first-order valence-electron chi connectivity index (χ1n) is 6.63. The van der Waals surface area contributed by atoms with Crippen molar-refractivity contribution >= 4 is 26.0 Å². The van der Waals surface area contributed by atoms with Gasteiger partial charge in [0, 0.05) is 25.2 Å². The zero-order valence-electron chi connectivity index (χ0n) is 11.5. The van der Waals surface area contributed by atoms with Gasteiger partial charge in [0.25, 0.3) is 0 Å². The number of nitrogens with two attached hydrogens (primary N) is 1. The van der Waals surface area contributed by atoms with Gasteiger partial charge >= 0.3 is 0 Å². The highest BCUT2D eigenvalue weighted by Crippen LogP contribution is 2.29. The van der Waals surface area contributed by atoms with Crippen molar-refractivity contribution in [2.45, 2.75) is 30.7 Å². The first kappa shape index (κ1) is 16.8. The zero-order valence-corrected chi connectivity index (χ0v) is 13.9. The number of hydrogen-bond acceptors (Lipinski definition) is 3. The topological polar surface area (TPSA) is 63.4 Å². The first-order valence-corrected chi connectivity index (χ1v) is 8.87. The van der Waals surface area contributed by atoms with E-state index in [0.29, 0.717) is 32.0 Å². The number of rotatable bonds is 3. The smallest absolute Gasteiger partial charge is 0.246 e. The Hall–Kier alpha value is -0.570. The molecule has 1 aromatic rings. The van der Waals surface area contributed by atoms with Crippen LogP contribution in [0, 0.1) is 17.6 Å². The Morgan fingerprint density at radius 3 is 2.38 bits per heavy atom. The van der Waals surface area contributed by atoms with Crippen LogP contribution in [-0.4, -0.2) is 31.9 Å². The summed E-state index contributed by atoms with van der Waals surface area (Å²) in [4.78, 5) is -0.505. The maximum Gasteiger partial charge on any atom is 0.246 e. The van der Waals surface area contributed by atoms with E-state index in [2.05, 4.69) is 15.9 Å². The predicted octanol–water partition coefficient (Wildman–Crippen LogP) is 2.48. The van der Waals surface area contributed by atoms with E-state index in [1.165, 1.54) is 4.31 Å². The molecule has 0 saturated carbocycles. The molecule has 4 nitrogen and oxygen atoms in total. The van der Waals surface area contributed by atoms with Gasteiger partial charge in [-0.1, -0.05) is 0 Å². The Balaban J connectivity index is 2.26. The highest BCUT2D eigenvalue weighted by molar-refractivity contribution is 9.10. The van der Waals surface area contributed by atoms with E-state index in [0.717, 1.165) is 6.07 Å². The average molecular weight is 383 g/mol. The van der Waals surface area contributed by atoms with Crippen LogP contribution in [0.2, 0.25) is 0 Å². The summed E-state index contributed by atoms with van der Waals surface area (Å²) in [6.45, 7) is 2.48. The Morgan fingerprint density at radius 1 is 1.29 bits per heavy atom. The third-order valence-electron chi connectivity index (χ3n) is 3.83. The molecule has 0 radical (unpaired) electrons. The molecule has 1 aliphatic rings. The lowest BCUT2D eigenvalue weighted by Crippen LogP contribution is -2.42. The first-order chi connectivity index (χ1) is 9.73. The van der Waals surface area contributed by atoms with Gasteiger partial charge in [0.2, 0.25) is 10.0 Å². The molecule has 2 rings (SSSR count). The number of benzene rings is 1. The molecule has 118 valence electrons. The molecule has 1 atom stereocenters. The number of nitrogens with zero attached hydrogens (tertiary/aromatic N) is 1. The number of piperidine rings is 1. The molecule has 8 heteroatoms. The standard InChI is InChI=1S/C13H17BrF2N2O2S/c1-8(17)9-2-4-18(5-3-9)21(19,20)13-6-10(14)11(15)7-12(13)16/h6-9H,2-5,17H2,1H3. The molecule has 2 N–H and O–H groups in total. The predicted molar refractivity (Wildman–Crippen MR) is 79.2 cm³/mol. The number of halogens is 3. The van der Waals surface area contributed by atoms with Gasteiger partial charge in [0.1, 0.15) is 16.5 Å². The zero-order chi connectivity index (χ0) is 15.8. The average Bonchev–Trinajstić information content (AvgIpc) is 2.42. The van der Waals surface area contributed by atoms with Gasteiger partial charge in [0.15, 0.2) is 0 Å². The van der Waals surface area contributed by atoms with Crippen LogP contribution in [-0.2, 0) is 10.0 Å². The highest BCUT2D eigenvalue weighted by atomic mass is 79.9. The van der Waals surface area contributed by atoms with Crippen LogP contribution in [0.15, 0.2) is 21.5 Å². The summed E-state index contributed by atoms with van der Waals surface area (Å²) in [7, 11) is -3.96. The molecule has 1 aromatic carbocycles. The minimum atomic E-state index is -3.96. The maximum absolute atomic E-state index is 13.8. The van der Waals surface area contributed by atoms with Crippen molar-refractivity contribution in [1.82, 2.24) is 4.31 Å². The van der Waals surface area contributed by atoms with E-state index < -0.39 is 26.6 Å². The van der Waals surface area contributed by atoms with Crippen molar-refractivity contribution in [3.63, 3.8) is 0 Å². The monoisotopic (exact) mass is 382 g/mol. The van der Waals surface area contributed by atoms with Gasteiger partial charge in [-0.3, -0.25) is 0 Å². The number of hydrogen-bond donors (Lipinski definition) is 1. The van der Waals surface area contributed by atoms with Crippen molar-refractivity contribution in [2.75, 3.05) is 13.1 Å². The molecule has 0 spiro atoms. The molecule has 1 aliphatic heterocycles. The number of sulfonamides is 1. The Bertz CT molecular complexity index is 629. The van der Waals surface area contributed by atoms with Gasteiger partial charge in [-0.2, -0.15) is 4.31 Å². The highest BCUT2D eigenvalue weighted by Gasteiger charge is 2.32. The van der Waals surface area contributed by atoms with Crippen molar-refractivity contribution in [1.29, 1.82) is 0 Å². The van der Waals surface area contributed by atoms with E-state index in [1.54, 1.807) is 0 Å². The van der Waals surface area contributed by atoms with Crippen molar-refractivity contribution in [3.8, 4) is 0 Å². The molecule has 0 bridgehead atoms. The lowest BCUT2D eigenvalue weighted by atomic mass is 9.92. The Morgan fingerprint density at radius 2 is 1.86 bits per heavy atom. The van der Waals surface area contributed by atoms with E-state index in [1.807, 2.05) is 6.92 Å². The molecule has 1 unspecified atom stereocenters. The minimum Gasteiger partial charge on any atom is -0.328 e. The molecule has 1 saturated heterocycles. The van der Waals surface area contributed by atoms with Crippen LogP contribution in [0.25, 0.3) is 0 Å². The molecule has 1 heterocycles. The molecular formula is C13H17BrF2N2O2S. The SMILES string of the molecule is CC(N)C1CCN(S(=O)(=O)c2cc(Br)c(F)cc2F)CC1. The largest absolute Gasteiger partial charge is 0.328 e. The summed E-state index contributed by atoms with van der Waals surface area (Å²) in [5, 5.41) is 0. The quantitative estimate of drug-likeness (QED) is 0.816. The molecular weight excluding hydrogens is 366 g/mol. The van der Waals surface area contributed by atoms with Crippen molar-refractivity contribution in [3.05, 3.63) is 28.2 Å². The molecule has 21 heavy (non-hydrogen) atoms. The third kappa shape index (κ3) is 3.44. The van der Waals surface area contributed by atoms with Gasteiger partial charge in [-0.05, 0) is 47.7 Å². The van der Waals surface area contributed by atoms with E-state index in [9.17, 15) is 17.2 Å². The second-order valence-corrected chi connectivity index (χ2v) is 8.06. The van der Waals surface area contributed by atoms with Gasteiger partial charge < -0.3 is 5.73 Å². The van der Waals surface area contributed by atoms with Crippen LogP contribution in [0.1, 0.15) is 19.8 Å². The fourth-order valence-electron chi connectivity index (χ4n) is 2.48. The lowest BCUT2D eigenvalue weighted by Gasteiger charge is -2.33. The van der Waals surface area contributed by atoms with E-state index >= 15 is 0 Å². The third-order valence-corrected chi connectivity index (χ3v) is 6.36. The molecule has 1 fully saturated rings. The van der Waals surface area contributed by atoms with Crippen LogP contribution in [0.3, 0.4) is 0 Å². The summed E-state index contributed by atoms with van der Waals surface area (Å²) in [5.74, 6) is -1.65. The maximum atomic E-state index is 13.8. The van der Waals surface area contributed by atoms with Crippen molar-refractivity contribution in [2.24, 2.45) is 11.7 Å². The molecule has 0 aliphatic carbocycles. The van der Waals surface area contributed by atoms with Gasteiger partial charge in [0.05, 0.1) is 4.47 Å². The van der Waals surface area contributed by atoms with Crippen LogP contribution < -0.4 is 5.73 Å². The van der Waals surface area contributed by atoms with Crippen LogP contribution in [0.5, 0.6) is 0 Å². The fourth-order valence-corrected chi connectivity index (χ4v) is 4.52. The minimum absolute atomic E-state index is 0.00607. The second kappa shape index (κ2) is 6.28. The summed E-state index contributed by atoms with van der Waals surface area (Å²) in [6, 6.07) is 1.55. The Kier molecular flexibility index (Phi) is 5.02. The van der Waals surface area contributed by atoms with E-state index in [-0.39, 0.29) is 16.4 Å². The second-order valence-electron chi connectivity index (χ2n) is 5.30. The fraction of sp³-hybridized carbons (Fsp3) is 0.538. The van der Waals surface area contributed by atoms with E-state index in [4.69, 9.17) is 5.73 Å². The molecule has 0 amide bonds. The normalized spacial score (nSPS) is 19.7. The summed E-state index contributed by atoms with van der Waals surface area (Å²) >= 11 is 2.88. The van der Waals surface area contributed by atoms with Crippen LogP contribution >= 0.6 is 15.9 Å². The lowest BCUT2D eigenvalue weighted by molar-refractivity contribution is 0.250. The summed E-state index contributed by atoms with van der Waals surface area (Å²) < 4.78 is 53.1. The van der Waals surface area contributed by atoms with Gasteiger partial charge in [-0.25, -0.2) is 17.2 Å².